The molecule has 2 heterocycles. The predicted octanol–water partition coefficient (Wildman–Crippen LogP) is 4.43. The van der Waals surface area contributed by atoms with Gasteiger partial charge in [-0.3, -0.25) is 4.98 Å². The summed E-state index contributed by atoms with van der Waals surface area (Å²) in [6.07, 6.45) is 3.28. The molecule has 0 fully saturated rings. The molecular formula is C18H12ClFN4. The second-order valence-electron chi connectivity index (χ2n) is 5.06. The van der Waals surface area contributed by atoms with Crippen molar-refractivity contribution in [2.24, 2.45) is 0 Å². The Balaban J connectivity index is 2.08. The van der Waals surface area contributed by atoms with Gasteiger partial charge in [0.15, 0.2) is 0 Å². The average molecular weight is 339 g/mol. The topological polar surface area (TPSA) is 54.5 Å². The Labute approximate surface area is 143 Å². The summed E-state index contributed by atoms with van der Waals surface area (Å²) in [5.74, 6) is -0.333. The zero-order chi connectivity index (χ0) is 17.1. The van der Waals surface area contributed by atoms with Crippen molar-refractivity contribution in [3.8, 4) is 11.8 Å². The van der Waals surface area contributed by atoms with Crippen LogP contribution < -0.4 is 0 Å². The van der Waals surface area contributed by atoms with Gasteiger partial charge < -0.3 is 0 Å². The van der Waals surface area contributed by atoms with Crippen LogP contribution in [0.5, 0.6) is 0 Å². The summed E-state index contributed by atoms with van der Waals surface area (Å²) in [5.41, 5.74) is 2.88. The Kier molecular flexibility index (Phi) is 4.41. The molecule has 0 unspecified atom stereocenters. The maximum Gasteiger partial charge on any atom is 0.140 e. The van der Waals surface area contributed by atoms with E-state index < -0.39 is 0 Å². The van der Waals surface area contributed by atoms with Crippen LogP contribution in [0.2, 0.25) is 5.15 Å². The van der Waals surface area contributed by atoms with E-state index in [1.807, 2.05) is 6.07 Å². The first-order valence-corrected chi connectivity index (χ1v) is 7.52. The van der Waals surface area contributed by atoms with Crippen molar-refractivity contribution in [1.29, 1.82) is 5.26 Å². The van der Waals surface area contributed by atoms with Crippen LogP contribution in [0.1, 0.15) is 17.0 Å². The highest BCUT2D eigenvalue weighted by molar-refractivity contribution is 6.31. The molecule has 0 saturated carbocycles. The molecule has 0 radical (unpaired) electrons. The van der Waals surface area contributed by atoms with Crippen molar-refractivity contribution in [2.75, 3.05) is 0 Å². The lowest BCUT2D eigenvalue weighted by Crippen LogP contribution is -1.96. The number of pyridine rings is 1. The number of benzene rings is 1. The third-order valence-electron chi connectivity index (χ3n) is 3.47. The fourth-order valence-corrected chi connectivity index (χ4v) is 2.59. The molecule has 1 aromatic carbocycles. The maximum absolute atomic E-state index is 13.1. The number of aromatic nitrogens is 3. The lowest BCUT2D eigenvalue weighted by atomic mass is 10.1. The van der Waals surface area contributed by atoms with Crippen LogP contribution in [-0.2, 0) is 0 Å². The first kappa shape index (κ1) is 15.9. The number of halogens is 2. The molecule has 0 amide bonds. The molecule has 0 spiro atoms. The van der Waals surface area contributed by atoms with Crippen LogP contribution in [0, 0.1) is 24.1 Å². The summed E-state index contributed by atoms with van der Waals surface area (Å²) in [7, 11) is 0. The third-order valence-corrected chi connectivity index (χ3v) is 3.83. The highest BCUT2D eigenvalue weighted by atomic mass is 35.5. The second kappa shape index (κ2) is 6.65. The number of hydrogen-bond donors (Lipinski definition) is 0. The zero-order valence-electron chi connectivity index (χ0n) is 12.7. The van der Waals surface area contributed by atoms with E-state index in [-0.39, 0.29) is 5.82 Å². The first-order chi connectivity index (χ1) is 11.6. The standard InChI is InChI=1S/C18H12ClFN4/c1-12-16(10-13(11-21)17-4-2-3-9-22-17)18(19)24(23-12)15-7-5-14(20)6-8-15/h2-10H,1H3. The molecule has 118 valence electrons. The van der Waals surface area contributed by atoms with E-state index in [0.717, 1.165) is 0 Å². The van der Waals surface area contributed by atoms with Gasteiger partial charge >= 0.3 is 0 Å². The quantitative estimate of drug-likeness (QED) is 0.664. The number of allylic oxidation sites excluding steroid dienone is 1. The van der Waals surface area contributed by atoms with Crippen molar-refractivity contribution in [2.45, 2.75) is 6.92 Å². The second-order valence-corrected chi connectivity index (χ2v) is 5.42. The Bertz CT molecular complexity index is 938. The van der Waals surface area contributed by atoms with Crippen LogP contribution in [-0.4, -0.2) is 14.8 Å². The van der Waals surface area contributed by atoms with Gasteiger partial charge in [0.05, 0.1) is 22.6 Å². The van der Waals surface area contributed by atoms with Gasteiger partial charge in [0.2, 0.25) is 0 Å². The van der Waals surface area contributed by atoms with Crippen LogP contribution in [0.4, 0.5) is 4.39 Å². The molecule has 3 rings (SSSR count). The number of hydrogen-bond acceptors (Lipinski definition) is 3. The van der Waals surface area contributed by atoms with Crippen molar-refractivity contribution >= 4 is 23.3 Å². The molecule has 0 aliphatic carbocycles. The Morgan fingerprint density at radius 1 is 1.25 bits per heavy atom. The molecule has 24 heavy (non-hydrogen) atoms. The number of nitriles is 1. The predicted molar refractivity (Wildman–Crippen MR) is 91.0 cm³/mol. The van der Waals surface area contributed by atoms with E-state index in [1.165, 1.54) is 16.8 Å². The third kappa shape index (κ3) is 3.05. The molecule has 2 aromatic heterocycles. The normalized spacial score (nSPS) is 11.3. The number of nitrogens with zero attached hydrogens (tertiary/aromatic N) is 4. The zero-order valence-corrected chi connectivity index (χ0v) is 13.5. The minimum atomic E-state index is -0.333. The first-order valence-electron chi connectivity index (χ1n) is 7.14. The van der Waals surface area contributed by atoms with E-state index in [9.17, 15) is 9.65 Å². The molecular weight excluding hydrogens is 327 g/mol. The molecule has 6 heteroatoms. The van der Waals surface area contributed by atoms with Gasteiger partial charge in [-0.1, -0.05) is 17.7 Å². The van der Waals surface area contributed by atoms with E-state index in [0.29, 0.717) is 33.4 Å². The summed E-state index contributed by atoms with van der Waals surface area (Å²) < 4.78 is 14.6. The van der Waals surface area contributed by atoms with Crippen molar-refractivity contribution in [3.05, 3.63) is 76.6 Å². The summed E-state index contributed by atoms with van der Waals surface area (Å²) in [6, 6.07) is 13.3. The van der Waals surface area contributed by atoms with Crippen molar-refractivity contribution < 1.29 is 4.39 Å². The SMILES string of the molecule is Cc1nn(-c2ccc(F)cc2)c(Cl)c1C=C(C#N)c1ccccn1. The number of aryl methyl sites for hydroxylation is 1. The van der Waals surface area contributed by atoms with E-state index in [4.69, 9.17) is 11.6 Å². The molecule has 0 aliphatic rings. The molecule has 0 bridgehead atoms. The van der Waals surface area contributed by atoms with E-state index in [2.05, 4.69) is 16.2 Å². The summed E-state index contributed by atoms with van der Waals surface area (Å²) in [6.45, 7) is 1.80. The molecule has 4 nitrogen and oxygen atoms in total. The fraction of sp³-hybridized carbons (Fsp3) is 0.0556. The highest BCUT2D eigenvalue weighted by Crippen LogP contribution is 2.27. The molecule has 3 aromatic rings. The smallest absolute Gasteiger partial charge is 0.140 e. The largest absolute Gasteiger partial charge is 0.256 e. The Hall–Kier alpha value is -2.97. The summed E-state index contributed by atoms with van der Waals surface area (Å²) >= 11 is 6.42. The Morgan fingerprint density at radius 3 is 2.62 bits per heavy atom. The van der Waals surface area contributed by atoms with Gasteiger partial charge in [-0.25, -0.2) is 9.07 Å². The Morgan fingerprint density at radius 2 is 2.00 bits per heavy atom. The lowest BCUT2D eigenvalue weighted by molar-refractivity contribution is 0.627. The van der Waals surface area contributed by atoms with Gasteiger partial charge in [0, 0.05) is 11.8 Å². The van der Waals surface area contributed by atoms with Gasteiger partial charge in [-0.2, -0.15) is 10.4 Å². The molecule has 0 N–H and O–H groups in total. The van der Waals surface area contributed by atoms with Crippen LogP contribution >= 0.6 is 11.6 Å². The molecule has 0 atom stereocenters. The monoisotopic (exact) mass is 338 g/mol. The minimum Gasteiger partial charge on any atom is -0.256 e. The fourth-order valence-electron chi connectivity index (χ4n) is 2.26. The van der Waals surface area contributed by atoms with Crippen molar-refractivity contribution in [1.82, 2.24) is 14.8 Å². The van der Waals surface area contributed by atoms with Crippen LogP contribution in [0.15, 0.2) is 48.7 Å². The average Bonchev–Trinajstić information content (AvgIpc) is 2.88. The highest BCUT2D eigenvalue weighted by Gasteiger charge is 2.14. The van der Waals surface area contributed by atoms with Crippen LogP contribution in [0.3, 0.4) is 0 Å². The lowest BCUT2D eigenvalue weighted by Gasteiger charge is -2.03. The molecule has 0 saturated heterocycles. The maximum atomic E-state index is 13.1. The van der Waals surface area contributed by atoms with Crippen LogP contribution in [0.25, 0.3) is 17.3 Å². The minimum absolute atomic E-state index is 0.333. The summed E-state index contributed by atoms with van der Waals surface area (Å²) in [4.78, 5) is 4.18. The van der Waals surface area contributed by atoms with Gasteiger partial charge in [-0.05, 0) is 49.4 Å². The van der Waals surface area contributed by atoms with Gasteiger partial charge in [0.1, 0.15) is 17.0 Å². The van der Waals surface area contributed by atoms with Gasteiger partial charge in [-0.15, -0.1) is 0 Å². The number of rotatable bonds is 3. The van der Waals surface area contributed by atoms with Crippen molar-refractivity contribution in [3.63, 3.8) is 0 Å². The molecule has 0 aliphatic heterocycles. The van der Waals surface area contributed by atoms with Gasteiger partial charge in [0.25, 0.3) is 0 Å². The van der Waals surface area contributed by atoms with E-state index >= 15 is 0 Å². The summed E-state index contributed by atoms with van der Waals surface area (Å²) in [5, 5.41) is 14.1. The van der Waals surface area contributed by atoms with E-state index in [1.54, 1.807) is 43.5 Å².